The summed E-state index contributed by atoms with van der Waals surface area (Å²) in [4.78, 5) is 32.1. The first kappa shape index (κ1) is 27.0. The van der Waals surface area contributed by atoms with Crippen molar-refractivity contribution in [3.8, 4) is 18.1 Å². The second-order valence-corrected chi connectivity index (χ2v) is 8.81. The standard InChI is InChI=1S/C28H28ClFN2O4/c1-5-13-35-28(34)22-10-8-7-9-21(22)27(33)32(17-20-16-31-12-11-18(20)3)25-15-26(36-19(4)6-2)23(29)14-24(25)30/h2,5,11-12,14-16,19H,1,7-10,13,17H2,3-4H3. The first-order valence-electron chi connectivity index (χ1n) is 11.6. The number of carbonyl (C=O) groups is 2. The van der Waals surface area contributed by atoms with Gasteiger partial charge in [0.2, 0.25) is 0 Å². The fraction of sp³-hybridized carbons (Fsp3) is 0.321. The molecule has 1 aliphatic carbocycles. The third kappa shape index (κ3) is 6.32. The summed E-state index contributed by atoms with van der Waals surface area (Å²) < 4.78 is 26.2. The summed E-state index contributed by atoms with van der Waals surface area (Å²) in [5, 5.41) is 0.0221. The van der Waals surface area contributed by atoms with E-state index in [9.17, 15) is 9.59 Å². The number of nitrogens with zero attached hydrogens (tertiary/aromatic N) is 2. The summed E-state index contributed by atoms with van der Waals surface area (Å²) in [6, 6.07) is 4.24. The minimum atomic E-state index is -0.720. The predicted molar refractivity (Wildman–Crippen MR) is 137 cm³/mol. The number of hydrogen-bond donors (Lipinski definition) is 0. The molecule has 1 unspecified atom stereocenters. The van der Waals surface area contributed by atoms with E-state index < -0.39 is 23.8 Å². The molecule has 0 bridgehead atoms. The van der Waals surface area contributed by atoms with Gasteiger partial charge in [-0.1, -0.05) is 30.2 Å². The molecule has 1 amide bonds. The Hall–Kier alpha value is -3.63. The van der Waals surface area contributed by atoms with E-state index in [2.05, 4.69) is 17.5 Å². The molecule has 1 atom stereocenters. The number of ether oxygens (including phenoxy) is 2. The molecule has 36 heavy (non-hydrogen) atoms. The molecular weight excluding hydrogens is 483 g/mol. The number of amides is 1. The number of esters is 1. The molecule has 0 N–H and O–H groups in total. The molecule has 0 saturated heterocycles. The average molecular weight is 511 g/mol. The highest BCUT2D eigenvalue weighted by Crippen LogP contribution is 2.36. The first-order chi connectivity index (χ1) is 17.3. The molecule has 8 heteroatoms. The number of carbonyl (C=O) groups excluding carboxylic acids is 2. The number of aryl methyl sites for hydroxylation is 1. The zero-order valence-electron chi connectivity index (χ0n) is 20.4. The third-order valence-corrected chi connectivity index (χ3v) is 6.15. The molecule has 3 rings (SSSR count). The molecule has 1 aliphatic rings. The molecule has 0 radical (unpaired) electrons. The maximum Gasteiger partial charge on any atom is 0.334 e. The zero-order valence-corrected chi connectivity index (χ0v) is 21.1. The Morgan fingerprint density at radius 2 is 2.06 bits per heavy atom. The molecule has 0 fully saturated rings. The van der Waals surface area contributed by atoms with Crippen molar-refractivity contribution >= 4 is 29.2 Å². The normalized spacial score (nSPS) is 14.0. The maximum atomic E-state index is 15.3. The van der Waals surface area contributed by atoms with Crippen LogP contribution in [0, 0.1) is 25.1 Å². The lowest BCUT2D eigenvalue weighted by Gasteiger charge is -2.28. The fourth-order valence-electron chi connectivity index (χ4n) is 3.89. The zero-order chi connectivity index (χ0) is 26.2. The van der Waals surface area contributed by atoms with E-state index >= 15 is 4.39 Å². The highest BCUT2D eigenvalue weighted by atomic mass is 35.5. The molecule has 2 aromatic rings. The molecule has 188 valence electrons. The van der Waals surface area contributed by atoms with Crippen LogP contribution in [0.25, 0.3) is 0 Å². The van der Waals surface area contributed by atoms with Crippen molar-refractivity contribution in [1.82, 2.24) is 4.98 Å². The van der Waals surface area contributed by atoms with Gasteiger partial charge in [0.1, 0.15) is 18.2 Å². The minimum absolute atomic E-state index is 0.0136. The first-order valence-corrected chi connectivity index (χ1v) is 12.0. The lowest BCUT2D eigenvalue weighted by molar-refractivity contribution is -0.138. The molecule has 1 heterocycles. The lowest BCUT2D eigenvalue weighted by Crippen LogP contribution is -2.35. The van der Waals surface area contributed by atoms with E-state index in [1.165, 1.54) is 17.0 Å². The van der Waals surface area contributed by atoms with E-state index in [1.54, 1.807) is 25.4 Å². The topological polar surface area (TPSA) is 68.7 Å². The van der Waals surface area contributed by atoms with E-state index in [-0.39, 0.29) is 29.6 Å². The quantitative estimate of drug-likeness (QED) is 0.245. The number of rotatable bonds is 9. The van der Waals surface area contributed by atoms with Crippen LogP contribution in [0.5, 0.6) is 5.75 Å². The lowest BCUT2D eigenvalue weighted by atomic mass is 9.90. The van der Waals surface area contributed by atoms with Crippen LogP contribution in [-0.2, 0) is 20.9 Å². The molecular formula is C28H28ClFN2O4. The van der Waals surface area contributed by atoms with E-state index in [0.717, 1.165) is 24.5 Å². The second-order valence-electron chi connectivity index (χ2n) is 8.41. The number of halogens is 2. The van der Waals surface area contributed by atoms with Crippen LogP contribution >= 0.6 is 11.6 Å². The van der Waals surface area contributed by atoms with Crippen LogP contribution < -0.4 is 9.64 Å². The summed E-state index contributed by atoms with van der Waals surface area (Å²) in [5.74, 6) is 0.783. The predicted octanol–water partition coefficient (Wildman–Crippen LogP) is 5.72. The Morgan fingerprint density at radius 1 is 1.33 bits per heavy atom. The van der Waals surface area contributed by atoms with Gasteiger partial charge in [0.05, 0.1) is 17.3 Å². The number of benzene rings is 1. The maximum absolute atomic E-state index is 15.3. The molecule has 1 aromatic heterocycles. The second kappa shape index (κ2) is 12.4. The smallest absolute Gasteiger partial charge is 0.334 e. The summed E-state index contributed by atoms with van der Waals surface area (Å²) in [6.07, 6.45) is 11.7. The van der Waals surface area contributed by atoms with Crippen LogP contribution in [0.4, 0.5) is 10.1 Å². The Labute approximate surface area is 215 Å². The monoisotopic (exact) mass is 510 g/mol. The van der Waals surface area contributed by atoms with Crippen molar-refractivity contribution in [3.05, 3.63) is 76.4 Å². The van der Waals surface area contributed by atoms with Crippen LogP contribution in [-0.4, -0.2) is 29.6 Å². The largest absolute Gasteiger partial charge is 0.476 e. The van der Waals surface area contributed by atoms with Crippen LogP contribution in [0.1, 0.15) is 43.7 Å². The van der Waals surface area contributed by atoms with Gasteiger partial charge in [-0.3, -0.25) is 9.78 Å². The van der Waals surface area contributed by atoms with Crippen molar-refractivity contribution < 1.29 is 23.5 Å². The van der Waals surface area contributed by atoms with Gasteiger partial charge < -0.3 is 14.4 Å². The SMILES string of the molecule is C#CC(C)Oc1cc(N(Cc2cnccc2C)C(=O)C2=C(C(=O)OCC=C)CCCC2)c(F)cc1Cl. The average Bonchev–Trinajstić information content (AvgIpc) is 2.88. The molecule has 0 spiro atoms. The van der Waals surface area contributed by atoms with Crippen LogP contribution in [0.2, 0.25) is 5.02 Å². The van der Waals surface area contributed by atoms with E-state index in [1.807, 2.05) is 6.92 Å². The molecule has 1 aromatic carbocycles. The van der Waals surface area contributed by atoms with Crippen LogP contribution in [0.3, 0.4) is 0 Å². The van der Waals surface area contributed by atoms with Gasteiger partial charge in [-0.15, -0.1) is 6.42 Å². The number of anilines is 1. The third-order valence-electron chi connectivity index (χ3n) is 5.86. The van der Waals surface area contributed by atoms with Crippen molar-refractivity contribution in [2.45, 2.75) is 52.2 Å². The van der Waals surface area contributed by atoms with E-state index in [0.29, 0.717) is 29.6 Å². The number of hydrogen-bond acceptors (Lipinski definition) is 5. The Bertz CT molecular complexity index is 1230. The molecule has 6 nitrogen and oxygen atoms in total. The summed E-state index contributed by atoms with van der Waals surface area (Å²) >= 11 is 6.21. The van der Waals surface area contributed by atoms with Crippen LogP contribution in [0.15, 0.2) is 54.4 Å². The van der Waals surface area contributed by atoms with Gasteiger partial charge >= 0.3 is 5.97 Å². The number of pyridine rings is 1. The summed E-state index contributed by atoms with van der Waals surface area (Å²) in [7, 11) is 0. The summed E-state index contributed by atoms with van der Waals surface area (Å²) in [6.45, 7) is 7.12. The van der Waals surface area contributed by atoms with Gasteiger partial charge in [0, 0.05) is 29.6 Å². The Morgan fingerprint density at radius 3 is 2.72 bits per heavy atom. The van der Waals surface area contributed by atoms with Crippen molar-refractivity contribution in [2.75, 3.05) is 11.5 Å². The highest BCUT2D eigenvalue weighted by Gasteiger charge is 2.31. The minimum Gasteiger partial charge on any atom is -0.476 e. The number of terminal acetylenes is 1. The van der Waals surface area contributed by atoms with E-state index in [4.69, 9.17) is 27.5 Å². The Kier molecular flexibility index (Phi) is 9.26. The van der Waals surface area contributed by atoms with Gasteiger partial charge in [0.15, 0.2) is 6.10 Å². The fourth-order valence-corrected chi connectivity index (χ4v) is 4.09. The molecule has 0 aliphatic heterocycles. The van der Waals surface area contributed by atoms with Crippen molar-refractivity contribution in [1.29, 1.82) is 0 Å². The van der Waals surface area contributed by atoms with Gasteiger partial charge in [-0.05, 0) is 62.8 Å². The molecule has 0 saturated carbocycles. The van der Waals surface area contributed by atoms with Crippen molar-refractivity contribution in [2.24, 2.45) is 0 Å². The van der Waals surface area contributed by atoms with Crippen molar-refractivity contribution in [3.63, 3.8) is 0 Å². The van der Waals surface area contributed by atoms with Gasteiger partial charge in [0.25, 0.3) is 5.91 Å². The highest BCUT2D eigenvalue weighted by molar-refractivity contribution is 6.32. The number of aromatic nitrogens is 1. The Balaban J connectivity index is 2.13. The summed E-state index contributed by atoms with van der Waals surface area (Å²) in [5.41, 5.74) is 2.13. The van der Waals surface area contributed by atoms with Gasteiger partial charge in [-0.2, -0.15) is 0 Å². The van der Waals surface area contributed by atoms with Gasteiger partial charge in [-0.25, -0.2) is 9.18 Å².